The molecule has 0 bridgehead atoms. The Morgan fingerprint density at radius 3 is 2.30 bits per heavy atom. The highest BCUT2D eigenvalue weighted by molar-refractivity contribution is 5.94. The van der Waals surface area contributed by atoms with Gasteiger partial charge in [0.25, 0.3) is 5.91 Å². The molecule has 1 saturated heterocycles. The van der Waals surface area contributed by atoms with Gasteiger partial charge in [-0.2, -0.15) is 0 Å². The first-order valence-corrected chi connectivity index (χ1v) is 10.9. The lowest BCUT2D eigenvalue weighted by atomic mass is 10.2. The van der Waals surface area contributed by atoms with E-state index in [-0.39, 0.29) is 5.91 Å². The Morgan fingerprint density at radius 1 is 0.909 bits per heavy atom. The third kappa shape index (κ3) is 4.55. The molecule has 0 aliphatic carbocycles. The number of rotatable bonds is 5. The monoisotopic (exact) mass is 439 g/mol. The highest BCUT2D eigenvalue weighted by Crippen LogP contribution is 2.23. The molecule has 1 aromatic carbocycles. The lowest BCUT2D eigenvalue weighted by Crippen LogP contribution is -2.49. The topological polar surface area (TPSA) is 79.2 Å². The van der Waals surface area contributed by atoms with Crippen molar-refractivity contribution in [1.29, 1.82) is 0 Å². The average molecular weight is 440 g/mol. The number of amides is 1. The van der Waals surface area contributed by atoms with Gasteiger partial charge >= 0.3 is 0 Å². The number of benzene rings is 1. The molecule has 8 nitrogen and oxygen atoms in total. The summed E-state index contributed by atoms with van der Waals surface area (Å²) < 4.78 is 1.88. The zero-order chi connectivity index (χ0) is 22.6. The molecular formula is C25H25N7O. The maximum atomic E-state index is 13.2. The molecule has 0 unspecified atom stereocenters. The Hall–Kier alpha value is -4.20. The van der Waals surface area contributed by atoms with Gasteiger partial charge in [0.2, 0.25) is 5.95 Å². The van der Waals surface area contributed by atoms with Gasteiger partial charge in [-0.25, -0.2) is 9.97 Å². The van der Waals surface area contributed by atoms with Gasteiger partial charge in [-0.05, 0) is 30.3 Å². The van der Waals surface area contributed by atoms with Crippen LogP contribution >= 0.6 is 0 Å². The summed E-state index contributed by atoms with van der Waals surface area (Å²) in [5.74, 6) is 0.575. The van der Waals surface area contributed by atoms with Crippen molar-refractivity contribution in [1.82, 2.24) is 24.4 Å². The van der Waals surface area contributed by atoms with Crippen LogP contribution in [-0.4, -0.2) is 56.5 Å². The van der Waals surface area contributed by atoms with Crippen molar-refractivity contribution in [3.05, 3.63) is 85.2 Å². The van der Waals surface area contributed by atoms with Gasteiger partial charge in [0.05, 0.1) is 0 Å². The SMILES string of the molecule is Cn1cc(-c2cnc(Nc3ccccc3)nc2)cc1C(=O)N1CCN(c2ccncc2)CC1. The molecule has 1 fully saturated rings. The number of carbonyl (C=O) groups is 1. The van der Waals surface area contributed by atoms with Crippen molar-refractivity contribution in [3.63, 3.8) is 0 Å². The molecule has 0 atom stereocenters. The van der Waals surface area contributed by atoms with Crippen molar-refractivity contribution >= 4 is 23.2 Å². The molecule has 4 heterocycles. The minimum absolute atomic E-state index is 0.0430. The minimum atomic E-state index is 0.0430. The lowest BCUT2D eigenvalue weighted by molar-refractivity contribution is 0.0737. The largest absolute Gasteiger partial charge is 0.368 e. The highest BCUT2D eigenvalue weighted by Gasteiger charge is 2.24. The van der Waals surface area contributed by atoms with Gasteiger partial charge in [-0.3, -0.25) is 9.78 Å². The number of pyridine rings is 1. The Balaban J connectivity index is 1.25. The number of piperazine rings is 1. The fourth-order valence-corrected chi connectivity index (χ4v) is 4.01. The summed E-state index contributed by atoms with van der Waals surface area (Å²) >= 11 is 0. The van der Waals surface area contributed by atoms with E-state index in [0.717, 1.165) is 35.6 Å². The van der Waals surface area contributed by atoms with Crippen LogP contribution in [0.2, 0.25) is 0 Å². The summed E-state index contributed by atoms with van der Waals surface area (Å²) in [7, 11) is 1.90. The molecule has 4 aromatic rings. The fraction of sp³-hybridized carbons (Fsp3) is 0.200. The molecule has 3 aromatic heterocycles. The summed E-state index contributed by atoms with van der Waals surface area (Å²) in [5, 5.41) is 3.18. The zero-order valence-electron chi connectivity index (χ0n) is 18.4. The maximum Gasteiger partial charge on any atom is 0.270 e. The van der Waals surface area contributed by atoms with Crippen molar-refractivity contribution < 1.29 is 4.79 Å². The Bertz CT molecular complexity index is 1210. The van der Waals surface area contributed by atoms with Crippen LogP contribution in [0.25, 0.3) is 11.1 Å². The smallest absolute Gasteiger partial charge is 0.270 e. The summed E-state index contributed by atoms with van der Waals surface area (Å²) in [6.45, 7) is 2.97. The molecule has 1 amide bonds. The van der Waals surface area contributed by atoms with Crippen LogP contribution < -0.4 is 10.2 Å². The van der Waals surface area contributed by atoms with Gasteiger partial charge in [-0.15, -0.1) is 0 Å². The average Bonchev–Trinajstić information content (AvgIpc) is 3.27. The van der Waals surface area contributed by atoms with Crippen molar-refractivity contribution in [2.24, 2.45) is 7.05 Å². The Kier molecular flexibility index (Phi) is 5.72. The van der Waals surface area contributed by atoms with Gasteiger partial charge in [0.15, 0.2) is 0 Å². The predicted molar refractivity (Wildman–Crippen MR) is 129 cm³/mol. The second kappa shape index (κ2) is 9.12. The van der Waals surface area contributed by atoms with Gasteiger partial charge in [0.1, 0.15) is 5.69 Å². The van der Waals surface area contributed by atoms with Crippen LogP contribution in [0.3, 0.4) is 0 Å². The number of aryl methyl sites for hydroxylation is 1. The van der Waals surface area contributed by atoms with Crippen molar-refractivity contribution in [2.75, 3.05) is 36.4 Å². The van der Waals surface area contributed by atoms with Crippen LogP contribution in [0.15, 0.2) is 79.5 Å². The number of hydrogen-bond acceptors (Lipinski definition) is 6. The normalized spacial score (nSPS) is 13.7. The van der Waals surface area contributed by atoms with E-state index in [2.05, 4.69) is 25.2 Å². The number of carbonyl (C=O) groups excluding carboxylic acids is 1. The first kappa shape index (κ1) is 20.7. The van der Waals surface area contributed by atoms with E-state index in [0.29, 0.717) is 24.7 Å². The van der Waals surface area contributed by atoms with Gasteiger partial charge in [-0.1, -0.05) is 18.2 Å². The van der Waals surface area contributed by atoms with Crippen LogP contribution in [0.4, 0.5) is 17.3 Å². The molecule has 8 heteroatoms. The molecular weight excluding hydrogens is 414 g/mol. The summed E-state index contributed by atoms with van der Waals surface area (Å²) in [6.07, 6.45) is 9.09. The quantitative estimate of drug-likeness (QED) is 0.512. The first-order valence-electron chi connectivity index (χ1n) is 10.9. The molecule has 0 spiro atoms. The molecule has 0 saturated carbocycles. The Morgan fingerprint density at radius 2 is 1.61 bits per heavy atom. The second-order valence-corrected chi connectivity index (χ2v) is 8.00. The minimum Gasteiger partial charge on any atom is -0.368 e. The number of nitrogens with one attached hydrogen (secondary N) is 1. The summed E-state index contributed by atoms with van der Waals surface area (Å²) in [5.41, 5.74) is 4.52. The molecule has 166 valence electrons. The molecule has 1 aliphatic heterocycles. The van der Waals surface area contributed by atoms with Crippen LogP contribution in [0, 0.1) is 0 Å². The maximum absolute atomic E-state index is 13.2. The molecule has 1 aliphatic rings. The van der Waals surface area contributed by atoms with E-state index in [1.807, 2.05) is 71.2 Å². The predicted octanol–water partition coefficient (Wildman–Crippen LogP) is 3.58. The molecule has 5 rings (SSSR count). The van der Waals surface area contributed by atoms with Crippen LogP contribution in [0.5, 0.6) is 0 Å². The van der Waals surface area contributed by atoms with Gasteiger partial charge in [0, 0.05) is 86.7 Å². The third-order valence-corrected chi connectivity index (χ3v) is 5.83. The number of anilines is 3. The van der Waals surface area contributed by atoms with Crippen molar-refractivity contribution in [3.8, 4) is 11.1 Å². The molecule has 0 radical (unpaired) electrons. The lowest BCUT2D eigenvalue weighted by Gasteiger charge is -2.36. The van der Waals surface area contributed by atoms with E-state index < -0.39 is 0 Å². The van der Waals surface area contributed by atoms with Crippen molar-refractivity contribution in [2.45, 2.75) is 0 Å². The van der Waals surface area contributed by atoms with Crippen LogP contribution in [-0.2, 0) is 7.05 Å². The fourth-order valence-electron chi connectivity index (χ4n) is 4.01. The van der Waals surface area contributed by atoms with E-state index in [1.54, 1.807) is 24.8 Å². The first-order chi connectivity index (χ1) is 16.2. The third-order valence-electron chi connectivity index (χ3n) is 5.83. The van der Waals surface area contributed by atoms with Gasteiger partial charge < -0.3 is 19.7 Å². The van der Waals surface area contributed by atoms with Crippen LogP contribution in [0.1, 0.15) is 10.5 Å². The Labute approximate surface area is 192 Å². The van der Waals surface area contributed by atoms with E-state index in [4.69, 9.17) is 0 Å². The summed E-state index contributed by atoms with van der Waals surface area (Å²) in [4.78, 5) is 30.3. The zero-order valence-corrected chi connectivity index (χ0v) is 18.4. The number of hydrogen-bond donors (Lipinski definition) is 1. The number of nitrogens with zero attached hydrogens (tertiary/aromatic N) is 6. The second-order valence-electron chi connectivity index (χ2n) is 8.00. The highest BCUT2D eigenvalue weighted by atomic mass is 16.2. The van der Waals surface area contributed by atoms with E-state index in [1.165, 1.54) is 0 Å². The summed E-state index contributed by atoms with van der Waals surface area (Å²) in [6, 6.07) is 15.7. The van der Waals surface area contributed by atoms with E-state index >= 15 is 0 Å². The standard InChI is InChI=1S/C25H25N7O/c1-30-18-19(20-16-27-25(28-17-20)29-21-5-3-2-4-6-21)15-23(30)24(33)32-13-11-31(12-14-32)22-7-9-26-10-8-22/h2-10,15-18H,11-14H2,1H3,(H,27,28,29). The number of aromatic nitrogens is 4. The molecule has 1 N–H and O–H groups in total. The number of para-hydroxylation sites is 1. The molecule has 33 heavy (non-hydrogen) atoms. The van der Waals surface area contributed by atoms with E-state index in [9.17, 15) is 4.79 Å².